The molecular weight excluding hydrogens is 404 g/mol. The number of nitrogens with zero attached hydrogens (tertiary/aromatic N) is 1. The number of aryl methyl sites for hydroxylation is 2. The van der Waals surface area contributed by atoms with E-state index in [1.54, 1.807) is 5.38 Å². The third kappa shape index (κ3) is 4.94. The number of sulfonamides is 1. The number of thiazole rings is 1. The second-order valence-electron chi connectivity index (χ2n) is 5.97. The highest BCUT2D eigenvalue weighted by Crippen LogP contribution is 2.20. The summed E-state index contributed by atoms with van der Waals surface area (Å²) in [4.78, 5) is 3.96. The lowest BCUT2D eigenvalue weighted by molar-refractivity contribution is 0.593. The van der Waals surface area contributed by atoms with E-state index in [4.69, 9.17) is 0 Å². The number of benzene rings is 2. The van der Waals surface area contributed by atoms with Crippen LogP contribution in [0.25, 0.3) is 0 Å². The normalized spacial score (nSPS) is 12.0. The van der Waals surface area contributed by atoms with Crippen LogP contribution in [-0.4, -0.2) is 27.6 Å². The predicted octanol–water partition coefficient (Wildman–Crippen LogP) is 3.27. The molecule has 0 saturated heterocycles. The third-order valence-corrected chi connectivity index (χ3v) is 7.83. The molecule has 1 aromatic heterocycles. The van der Waals surface area contributed by atoms with Crippen LogP contribution >= 0.6 is 11.3 Å². The van der Waals surface area contributed by atoms with Crippen molar-refractivity contribution >= 4 is 36.3 Å². The first-order valence-corrected chi connectivity index (χ1v) is 12.1. The number of aromatic nitrogens is 1. The van der Waals surface area contributed by atoms with Gasteiger partial charge in [-0.05, 0) is 43.2 Å². The van der Waals surface area contributed by atoms with E-state index in [1.165, 1.54) is 30.5 Å². The van der Waals surface area contributed by atoms with Crippen molar-refractivity contribution in [3.05, 3.63) is 71.2 Å². The average molecular weight is 423 g/mol. The molecule has 0 atom stereocenters. The second kappa shape index (κ2) is 7.79. The standard InChI is InChI=1S/C18H18N2O4S3/c1-14-2-4-15(5-3-14)10-13-26(21,22)16-6-8-17(9-7-16)27(23,24)20-18-19-11-12-25-18/h2-9,11-12H,10,13H2,1H3,(H,19,20). The van der Waals surface area contributed by atoms with Crippen LogP contribution in [0.4, 0.5) is 5.13 Å². The van der Waals surface area contributed by atoms with Crippen LogP contribution in [0.5, 0.6) is 0 Å². The van der Waals surface area contributed by atoms with Gasteiger partial charge in [0.15, 0.2) is 15.0 Å². The Morgan fingerprint density at radius 1 is 0.926 bits per heavy atom. The predicted molar refractivity (Wildman–Crippen MR) is 106 cm³/mol. The molecule has 3 rings (SSSR count). The molecule has 1 heterocycles. The number of hydrogen-bond acceptors (Lipinski definition) is 6. The van der Waals surface area contributed by atoms with Gasteiger partial charge in [-0.25, -0.2) is 21.8 Å². The van der Waals surface area contributed by atoms with E-state index in [9.17, 15) is 16.8 Å². The third-order valence-electron chi connectivity index (χ3n) is 3.93. The molecule has 0 amide bonds. The van der Waals surface area contributed by atoms with Gasteiger partial charge in [0.2, 0.25) is 0 Å². The van der Waals surface area contributed by atoms with Gasteiger partial charge < -0.3 is 0 Å². The molecule has 0 saturated carbocycles. The number of sulfone groups is 1. The summed E-state index contributed by atoms with van der Waals surface area (Å²) < 4.78 is 52.0. The van der Waals surface area contributed by atoms with Gasteiger partial charge in [-0.1, -0.05) is 29.8 Å². The highest BCUT2D eigenvalue weighted by atomic mass is 32.2. The van der Waals surface area contributed by atoms with Crippen LogP contribution in [0.1, 0.15) is 11.1 Å². The SMILES string of the molecule is Cc1ccc(CCS(=O)(=O)c2ccc(S(=O)(=O)Nc3nccs3)cc2)cc1. The smallest absolute Gasteiger partial charge is 0.255 e. The molecule has 27 heavy (non-hydrogen) atoms. The molecule has 0 radical (unpaired) electrons. The van der Waals surface area contributed by atoms with Crippen molar-refractivity contribution in [3.63, 3.8) is 0 Å². The van der Waals surface area contributed by atoms with Gasteiger partial charge in [0.25, 0.3) is 10.0 Å². The van der Waals surface area contributed by atoms with Crippen molar-refractivity contribution in [3.8, 4) is 0 Å². The molecule has 0 aliphatic rings. The van der Waals surface area contributed by atoms with Crippen molar-refractivity contribution in [2.45, 2.75) is 23.1 Å². The summed E-state index contributed by atoms with van der Waals surface area (Å²) in [7, 11) is -7.31. The molecule has 142 valence electrons. The molecule has 2 aromatic carbocycles. The molecule has 3 aromatic rings. The largest absolute Gasteiger partial charge is 0.263 e. The van der Waals surface area contributed by atoms with E-state index in [1.807, 2.05) is 31.2 Å². The van der Waals surface area contributed by atoms with Gasteiger partial charge in [0.1, 0.15) is 0 Å². The summed E-state index contributed by atoms with van der Waals surface area (Å²) in [5, 5.41) is 1.91. The van der Waals surface area contributed by atoms with Crippen molar-refractivity contribution in [2.24, 2.45) is 0 Å². The Hall–Kier alpha value is -2.23. The first kappa shape index (κ1) is 19.5. The molecule has 0 bridgehead atoms. The molecule has 0 aliphatic heterocycles. The topological polar surface area (TPSA) is 93.2 Å². The zero-order valence-electron chi connectivity index (χ0n) is 14.5. The van der Waals surface area contributed by atoms with Crippen molar-refractivity contribution < 1.29 is 16.8 Å². The fourth-order valence-corrected chi connectivity index (χ4v) is 5.48. The first-order valence-electron chi connectivity index (χ1n) is 8.07. The first-order chi connectivity index (χ1) is 12.8. The zero-order valence-corrected chi connectivity index (χ0v) is 16.9. The molecular formula is C18H18N2O4S3. The van der Waals surface area contributed by atoms with E-state index in [0.717, 1.165) is 22.5 Å². The molecule has 1 N–H and O–H groups in total. The molecule has 0 fully saturated rings. The minimum atomic E-state index is -3.80. The van der Waals surface area contributed by atoms with E-state index in [-0.39, 0.29) is 20.7 Å². The fraction of sp³-hybridized carbons (Fsp3) is 0.167. The molecule has 6 nitrogen and oxygen atoms in total. The maximum Gasteiger partial charge on any atom is 0.263 e. The second-order valence-corrected chi connectivity index (χ2v) is 10.7. The highest BCUT2D eigenvalue weighted by molar-refractivity contribution is 7.93. The Morgan fingerprint density at radius 2 is 1.56 bits per heavy atom. The van der Waals surface area contributed by atoms with Crippen LogP contribution in [0.2, 0.25) is 0 Å². The number of rotatable bonds is 7. The summed E-state index contributed by atoms with van der Waals surface area (Å²) in [5.74, 6) is -0.0421. The zero-order chi connectivity index (χ0) is 19.5. The molecule has 0 unspecified atom stereocenters. The number of hydrogen-bond donors (Lipinski definition) is 1. The van der Waals surface area contributed by atoms with Gasteiger partial charge in [-0.15, -0.1) is 11.3 Å². The lowest BCUT2D eigenvalue weighted by atomic mass is 10.1. The van der Waals surface area contributed by atoms with Crippen LogP contribution in [-0.2, 0) is 26.3 Å². The minimum absolute atomic E-state index is 0.0183. The summed E-state index contributed by atoms with van der Waals surface area (Å²) in [6, 6.07) is 12.9. The van der Waals surface area contributed by atoms with Crippen LogP contribution in [0, 0.1) is 6.92 Å². The van der Waals surface area contributed by atoms with E-state index in [2.05, 4.69) is 9.71 Å². The Labute approximate surface area is 162 Å². The molecule has 0 spiro atoms. The number of nitrogens with one attached hydrogen (secondary N) is 1. The minimum Gasteiger partial charge on any atom is -0.255 e. The Kier molecular flexibility index (Phi) is 5.64. The van der Waals surface area contributed by atoms with Gasteiger partial charge >= 0.3 is 0 Å². The monoisotopic (exact) mass is 422 g/mol. The van der Waals surface area contributed by atoms with Gasteiger partial charge in [0, 0.05) is 11.6 Å². The van der Waals surface area contributed by atoms with Gasteiger partial charge in [0.05, 0.1) is 15.5 Å². The van der Waals surface area contributed by atoms with Crippen molar-refractivity contribution in [2.75, 3.05) is 10.5 Å². The lowest BCUT2D eigenvalue weighted by Crippen LogP contribution is -2.13. The summed E-state index contributed by atoms with van der Waals surface area (Å²) in [6.45, 7) is 1.97. The van der Waals surface area contributed by atoms with E-state index in [0.29, 0.717) is 6.42 Å². The summed E-state index contributed by atoms with van der Waals surface area (Å²) in [5.41, 5.74) is 2.06. The Bertz CT molecular complexity index is 1100. The fourth-order valence-electron chi connectivity index (χ4n) is 2.40. The summed E-state index contributed by atoms with van der Waals surface area (Å²) >= 11 is 1.16. The van der Waals surface area contributed by atoms with Crippen LogP contribution in [0.15, 0.2) is 69.9 Å². The van der Waals surface area contributed by atoms with Crippen LogP contribution < -0.4 is 4.72 Å². The van der Waals surface area contributed by atoms with E-state index >= 15 is 0 Å². The Balaban J connectivity index is 1.72. The highest BCUT2D eigenvalue weighted by Gasteiger charge is 2.19. The number of anilines is 1. The van der Waals surface area contributed by atoms with Gasteiger partial charge in [-0.2, -0.15) is 0 Å². The van der Waals surface area contributed by atoms with Crippen molar-refractivity contribution in [1.29, 1.82) is 0 Å². The average Bonchev–Trinajstić information content (AvgIpc) is 3.14. The quantitative estimate of drug-likeness (QED) is 0.631. The Morgan fingerprint density at radius 3 is 2.15 bits per heavy atom. The van der Waals surface area contributed by atoms with Crippen LogP contribution in [0.3, 0.4) is 0 Å². The van der Waals surface area contributed by atoms with E-state index < -0.39 is 19.9 Å². The molecule has 9 heteroatoms. The van der Waals surface area contributed by atoms with Gasteiger partial charge in [-0.3, -0.25) is 4.72 Å². The van der Waals surface area contributed by atoms with Crippen molar-refractivity contribution in [1.82, 2.24) is 4.98 Å². The maximum absolute atomic E-state index is 12.5. The lowest BCUT2D eigenvalue weighted by Gasteiger charge is -2.08. The summed E-state index contributed by atoms with van der Waals surface area (Å²) in [6.07, 6.45) is 1.89. The molecule has 0 aliphatic carbocycles. The maximum atomic E-state index is 12.5.